The molecule has 0 unspecified atom stereocenters. The van der Waals surface area contributed by atoms with Gasteiger partial charge in [-0.1, -0.05) is 35.9 Å². The smallest absolute Gasteiger partial charge is 0.203 e. The maximum atomic E-state index is 12.5. The zero-order chi connectivity index (χ0) is 16.9. The van der Waals surface area contributed by atoms with Gasteiger partial charge in [0.05, 0.1) is 0 Å². The lowest BCUT2D eigenvalue weighted by atomic mass is 10.0. The number of hydrogen-bond donors (Lipinski definition) is 0. The van der Waals surface area contributed by atoms with E-state index in [1.807, 2.05) is 43.3 Å². The van der Waals surface area contributed by atoms with Gasteiger partial charge in [0.25, 0.3) is 0 Å². The van der Waals surface area contributed by atoms with Gasteiger partial charge in [-0.3, -0.25) is 4.79 Å². The first-order valence-corrected chi connectivity index (χ1v) is 8.25. The summed E-state index contributed by atoms with van der Waals surface area (Å²) in [4.78, 5) is 14.9. The average molecular weight is 316 g/mol. The summed E-state index contributed by atoms with van der Waals surface area (Å²) >= 11 is 0. The van der Waals surface area contributed by atoms with Gasteiger partial charge >= 0.3 is 0 Å². The van der Waals surface area contributed by atoms with Crippen molar-refractivity contribution in [1.29, 1.82) is 5.26 Å². The van der Waals surface area contributed by atoms with Crippen LogP contribution >= 0.6 is 0 Å². The van der Waals surface area contributed by atoms with E-state index < -0.39 is 0 Å². The van der Waals surface area contributed by atoms with Crippen LogP contribution < -0.4 is 4.90 Å². The lowest BCUT2D eigenvalue weighted by Gasteiger charge is -2.17. The predicted molar refractivity (Wildman–Crippen MR) is 97.0 cm³/mol. The Kier molecular flexibility index (Phi) is 4.77. The molecule has 0 radical (unpaired) electrons. The molecular formula is C21H20N2O. The third-order valence-corrected chi connectivity index (χ3v) is 4.32. The Morgan fingerprint density at radius 3 is 2.46 bits per heavy atom. The van der Waals surface area contributed by atoms with Gasteiger partial charge in [0.2, 0.25) is 5.78 Å². The van der Waals surface area contributed by atoms with Crippen LogP contribution in [0.1, 0.15) is 34.3 Å². The minimum absolute atomic E-state index is 0.162. The molecule has 2 aromatic rings. The molecule has 0 amide bonds. The number of allylic oxidation sites excluding steroid dienone is 1. The van der Waals surface area contributed by atoms with E-state index in [0.29, 0.717) is 5.56 Å². The number of Topliss-reactive ketones (excluding diaryl/α,β-unsaturated/α-hetero) is 1. The Morgan fingerprint density at radius 1 is 1.12 bits per heavy atom. The molecule has 1 aliphatic rings. The number of carbonyl (C=O) groups is 1. The molecule has 1 fully saturated rings. The van der Waals surface area contributed by atoms with E-state index >= 15 is 0 Å². The van der Waals surface area contributed by atoms with Crippen molar-refractivity contribution in [2.75, 3.05) is 18.0 Å². The second kappa shape index (κ2) is 7.14. The van der Waals surface area contributed by atoms with Crippen molar-refractivity contribution in [3.8, 4) is 6.07 Å². The third-order valence-electron chi connectivity index (χ3n) is 4.32. The molecule has 3 nitrogen and oxygen atoms in total. The molecule has 1 heterocycles. The predicted octanol–water partition coefficient (Wildman–Crippen LogP) is 4.39. The zero-order valence-electron chi connectivity index (χ0n) is 13.8. The first kappa shape index (κ1) is 16.0. The van der Waals surface area contributed by atoms with Crippen LogP contribution in [0.3, 0.4) is 0 Å². The number of carbonyl (C=O) groups excluding carboxylic acids is 1. The second-order valence-corrected chi connectivity index (χ2v) is 6.15. The Hall–Kier alpha value is -2.86. The highest BCUT2D eigenvalue weighted by atomic mass is 16.1. The maximum absolute atomic E-state index is 12.5. The second-order valence-electron chi connectivity index (χ2n) is 6.15. The summed E-state index contributed by atoms with van der Waals surface area (Å²) in [5.41, 5.74) is 3.79. The van der Waals surface area contributed by atoms with Crippen molar-refractivity contribution in [2.45, 2.75) is 19.8 Å². The number of aryl methyl sites for hydroxylation is 1. The van der Waals surface area contributed by atoms with Crippen LogP contribution in [0.2, 0.25) is 0 Å². The van der Waals surface area contributed by atoms with Gasteiger partial charge in [0.1, 0.15) is 11.6 Å². The van der Waals surface area contributed by atoms with Gasteiger partial charge in [0.15, 0.2) is 0 Å². The van der Waals surface area contributed by atoms with E-state index in [1.165, 1.54) is 18.5 Å². The molecule has 24 heavy (non-hydrogen) atoms. The molecule has 1 saturated heterocycles. The number of anilines is 1. The number of nitrogens with zero attached hydrogens (tertiary/aromatic N) is 2. The van der Waals surface area contributed by atoms with Crippen LogP contribution in [0, 0.1) is 18.3 Å². The van der Waals surface area contributed by atoms with Gasteiger partial charge in [-0.15, -0.1) is 0 Å². The van der Waals surface area contributed by atoms with Crippen LogP contribution in [0.15, 0.2) is 54.1 Å². The minimum Gasteiger partial charge on any atom is -0.372 e. The van der Waals surface area contributed by atoms with Crippen molar-refractivity contribution in [1.82, 2.24) is 0 Å². The van der Waals surface area contributed by atoms with E-state index in [0.717, 1.165) is 24.2 Å². The average Bonchev–Trinajstić information content (AvgIpc) is 3.14. The van der Waals surface area contributed by atoms with Gasteiger partial charge < -0.3 is 4.90 Å². The van der Waals surface area contributed by atoms with Crippen LogP contribution in [0.5, 0.6) is 0 Å². The van der Waals surface area contributed by atoms with Crippen molar-refractivity contribution in [2.24, 2.45) is 0 Å². The first-order valence-electron chi connectivity index (χ1n) is 8.25. The molecule has 1 aliphatic heterocycles. The molecule has 3 heteroatoms. The molecule has 120 valence electrons. The number of rotatable bonds is 4. The maximum Gasteiger partial charge on any atom is 0.203 e. The molecule has 0 N–H and O–H groups in total. The normalized spacial score (nSPS) is 14.5. The molecule has 0 bridgehead atoms. The Morgan fingerprint density at radius 2 is 1.83 bits per heavy atom. The van der Waals surface area contributed by atoms with Gasteiger partial charge in [-0.25, -0.2) is 0 Å². The summed E-state index contributed by atoms with van der Waals surface area (Å²) in [6, 6.07) is 17.4. The highest BCUT2D eigenvalue weighted by Gasteiger charge is 2.13. The van der Waals surface area contributed by atoms with Gasteiger partial charge in [0, 0.05) is 24.3 Å². The lowest BCUT2D eigenvalue weighted by molar-refractivity contribution is 0.104. The summed E-state index contributed by atoms with van der Waals surface area (Å²) in [7, 11) is 0. The quantitative estimate of drug-likeness (QED) is 0.477. The molecule has 0 aromatic heterocycles. The van der Waals surface area contributed by atoms with Crippen molar-refractivity contribution in [3.05, 3.63) is 70.8 Å². The van der Waals surface area contributed by atoms with E-state index in [-0.39, 0.29) is 11.4 Å². The molecular weight excluding hydrogens is 296 g/mol. The number of ketones is 1. The van der Waals surface area contributed by atoms with E-state index in [2.05, 4.69) is 17.0 Å². The van der Waals surface area contributed by atoms with Crippen LogP contribution in [0.4, 0.5) is 5.69 Å². The molecule has 2 aromatic carbocycles. The summed E-state index contributed by atoms with van der Waals surface area (Å²) in [6.07, 6.45) is 4.15. The number of nitriles is 1. The fourth-order valence-corrected chi connectivity index (χ4v) is 3.01. The summed E-state index contributed by atoms with van der Waals surface area (Å²) in [5.74, 6) is -0.232. The monoisotopic (exact) mass is 316 g/mol. The molecule has 0 spiro atoms. The summed E-state index contributed by atoms with van der Waals surface area (Å²) < 4.78 is 0. The highest BCUT2D eigenvalue weighted by Crippen LogP contribution is 2.21. The third kappa shape index (κ3) is 3.55. The van der Waals surface area contributed by atoms with Crippen molar-refractivity contribution in [3.63, 3.8) is 0 Å². The number of hydrogen-bond acceptors (Lipinski definition) is 3. The summed E-state index contributed by atoms with van der Waals surface area (Å²) in [5, 5.41) is 9.37. The highest BCUT2D eigenvalue weighted by molar-refractivity contribution is 6.14. The molecule has 0 atom stereocenters. The SMILES string of the molecule is Cc1cccc(C(=O)/C(C#N)=C/c2ccc(N3CCCC3)cc2)c1. The summed E-state index contributed by atoms with van der Waals surface area (Å²) in [6.45, 7) is 4.14. The van der Waals surface area contributed by atoms with Gasteiger partial charge in [-0.2, -0.15) is 5.26 Å². The van der Waals surface area contributed by atoms with Crippen LogP contribution in [0.25, 0.3) is 6.08 Å². The Balaban J connectivity index is 1.82. The molecule has 3 rings (SSSR count). The van der Waals surface area contributed by atoms with E-state index in [4.69, 9.17) is 0 Å². The van der Waals surface area contributed by atoms with Gasteiger partial charge in [-0.05, 0) is 49.6 Å². The fraction of sp³-hybridized carbons (Fsp3) is 0.238. The first-order chi connectivity index (χ1) is 11.7. The van der Waals surface area contributed by atoms with Crippen LogP contribution in [-0.2, 0) is 0 Å². The van der Waals surface area contributed by atoms with Crippen molar-refractivity contribution < 1.29 is 4.79 Å². The zero-order valence-corrected chi connectivity index (χ0v) is 13.8. The van der Waals surface area contributed by atoms with Crippen LogP contribution in [-0.4, -0.2) is 18.9 Å². The minimum atomic E-state index is -0.232. The standard InChI is InChI=1S/C21H20N2O/c1-16-5-4-6-18(13-16)21(24)19(15-22)14-17-7-9-20(10-8-17)23-11-2-3-12-23/h4-10,13-14H,2-3,11-12H2,1H3/b19-14+. The van der Waals surface area contributed by atoms with E-state index in [1.54, 1.807) is 12.1 Å². The Labute approximate surface area is 142 Å². The van der Waals surface area contributed by atoms with Crippen molar-refractivity contribution >= 4 is 17.5 Å². The molecule has 0 saturated carbocycles. The topological polar surface area (TPSA) is 44.1 Å². The Bertz CT molecular complexity index is 806. The fourth-order valence-electron chi connectivity index (χ4n) is 3.01. The number of benzene rings is 2. The molecule has 0 aliphatic carbocycles. The van der Waals surface area contributed by atoms with E-state index in [9.17, 15) is 10.1 Å². The largest absolute Gasteiger partial charge is 0.372 e. The lowest BCUT2D eigenvalue weighted by Crippen LogP contribution is -2.17.